The van der Waals surface area contributed by atoms with E-state index in [-0.39, 0.29) is 0 Å². The van der Waals surface area contributed by atoms with Gasteiger partial charge in [-0.25, -0.2) is 4.98 Å². The number of hydrogen-bond acceptors (Lipinski definition) is 2. The molecule has 1 aromatic heterocycles. The van der Waals surface area contributed by atoms with Crippen molar-refractivity contribution in [3.63, 3.8) is 0 Å². The van der Waals surface area contributed by atoms with Crippen LogP contribution in [0.2, 0.25) is 11.6 Å². The summed E-state index contributed by atoms with van der Waals surface area (Å²) >= 11 is 1.83. The van der Waals surface area contributed by atoms with Crippen molar-refractivity contribution >= 4 is 30.8 Å². The lowest BCUT2D eigenvalue weighted by Crippen LogP contribution is -2.18. The van der Waals surface area contributed by atoms with Crippen LogP contribution in [-0.4, -0.2) is 12.3 Å². The lowest BCUT2D eigenvalue weighted by molar-refractivity contribution is 0.431. The van der Waals surface area contributed by atoms with Gasteiger partial charge in [0, 0.05) is 5.92 Å². The summed E-state index contributed by atoms with van der Waals surface area (Å²) in [6.07, 6.45) is 19.7. The molecule has 2 fully saturated rings. The van der Waals surface area contributed by atoms with Crippen molar-refractivity contribution in [2.24, 2.45) is 0 Å². The molecule has 1 heterocycles. The van der Waals surface area contributed by atoms with Crippen LogP contribution >= 0.6 is 11.3 Å². The minimum atomic E-state index is 0.677. The Morgan fingerprint density at radius 3 is 2.04 bits per heavy atom. The van der Waals surface area contributed by atoms with Crippen LogP contribution in [0.5, 0.6) is 0 Å². The minimum absolute atomic E-state index is 0.677. The molecule has 0 bridgehead atoms. The van der Waals surface area contributed by atoms with Gasteiger partial charge in [0.05, 0.1) is 15.6 Å². The molecule has 2 aliphatic carbocycles. The van der Waals surface area contributed by atoms with Crippen molar-refractivity contribution in [2.45, 2.75) is 88.2 Å². The Morgan fingerprint density at radius 2 is 1.46 bits per heavy atom. The van der Waals surface area contributed by atoms with Crippen LogP contribution in [0, 0.1) is 0 Å². The number of rotatable bonds is 5. The Hall–Kier alpha value is -0.825. The van der Waals surface area contributed by atoms with Crippen molar-refractivity contribution in [2.75, 3.05) is 0 Å². The molecule has 0 N–H and O–H groups in total. The second-order valence-electron chi connectivity index (χ2n) is 7.87. The van der Waals surface area contributed by atoms with Crippen LogP contribution < -0.4 is 0 Å². The molecule has 0 radical (unpaired) electrons. The maximum atomic E-state index is 4.82. The van der Waals surface area contributed by atoms with E-state index >= 15 is 0 Å². The van der Waals surface area contributed by atoms with Crippen molar-refractivity contribution in [1.82, 2.24) is 4.98 Å². The Labute approximate surface area is 152 Å². The molecule has 0 atom stereocenters. The normalized spacial score (nSPS) is 26.3. The molecule has 0 amide bonds. The monoisotopic (exact) mass is 341 g/mol. The minimum Gasteiger partial charge on any atom is -0.241 e. The topological polar surface area (TPSA) is 12.9 Å². The first-order chi connectivity index (χ1) is 11.8. The summed E-state index contributed by atoms with van der Waals surface area (Å²) in [4.78, 5) is 6.01. The Morgan fingerprint density at radius 1 is 0.833 bits per heavy atom. The van der Waals surface area contributed by atoms with E-state index in [4.69, 9.17) is 4.98 Å². The highest BCUT2D eigenvalue weighted by Crippen LogP contribution is 2.42. The zero-order valence-electron chi connectivity index (χ0n) is 15.1. The standard InChI is InChI=1S/C21H32BNS/c1-3-19-20(4-2)24-21(23-19)16-12-14-18(15-13-16)22-17-10-8-6-5-7-9-11-17/h3-4,16-18,22H,1-2,5-15H2. The Kier molecular flexibility index (Phi) is 6.77. The van der Waals surface area contributed by atoms with Gasteiger partial charge in [0.15, 0.2) is 0 Å². The van der Waals surface area contributed by atoms with E-state index in [1.54, 1.807) is 0 Å². The Balaban J connectivity index is 1.50. The van der Waals surface area contributed by atoms with Gasteiger partial charge in [-0.05, 0) is 25.0 Å². The fourth-order valence-corrected chi connectivity index (χ4v) is 5.81. The zero-order chi connectivity index (χ0) is 16.8. The van der Waals surface area contributed by atoms with Gasteiger partial charge in [-0.15, -0.1) is 11.3 Å². The van der Waals surface area contributed by atoms with E-state index < -0.39 is 0 Å². The molecule has 24 heavy (non-hydrogen) atoms. The molecule has 0 unspecified atom stereocenters. The van der Waals surface area contributed by atoms with Gasteiger partial charge in [0.25, 0.3) is 0 Å². The van der Waals surface area contributed by atoms with Gasteiger partial charge in [0.2, 0.25) is 0 Å². The molecule has 0 aliphatic heterocycles. The second kappa shape index (κ2) is 9.03. The summed E-state index contributed by atoms with van der Waals surface area (Å²) in [5.41, 5.74) is 1.03. The van der Waals surface area contributed by atoms with Gasteiger partial charge < -0.3 is 0 Å². The highest BCUT2D eigenvalue weighted by molar-refractivity contribution is 7.12. The molecule has 3 heteroatoms. The van der Waals surface area contributed by atoms with E-state index in [1.165, 1.54) is 87.8 Å². The third-order valence-corrected chi connectivity index (χ3v) is 7.39. The molecule has 0 spiro atoms. The van der Waals surface area contributed by atoms with Gasteiger partial charge in [-0.3, -0.25) is 0 Å². The predicted molar refractivity (Wildman–Crippen MR) is 110 cm³/mol. The van der Waals surface area contributed by atoms with E-state index in [1.807, 2.05) is 23.5 Å². The molecular formula is C21H32BNS. The lowest BCUT2D eigenvalue weighted by Gasteiger charge is -2.30. The molecule has 1 aromatic rings. The first-order valence-electron chi connectivity index (χ1n) is 10.1. The van der Waals surface area contributed by atoms with Gasteiger partial charge >= 0.3 is 0 Å². The van der Waals surface area contributed by atoms with E-state index in [0.717, 1.165) is 17.3 Å². The molecule has 1 nitrogen and oxygen atoms in total. The molecular weight excluding hydrogens is 309 g/mol. The number of thiazole rings is 1. The average molecular weight is 341 g/mol. The van der Waals surface area contributed by atoms with Crippen LogP contribution in [0.3, 0.4) is 0 Å². The number of nitrogens with zero attached hydrogens (tertiary/aromatic N) is 1. The summed E-state index contributed by atoms with van der Waals surface area (Å²) < 4.78 is 0. The molecule has 2 saturated carbocycles. The third kappa shape index (κ3) is 4.62. The highest BCUT2D eigenvalue weighted by Gasteiger charge is 2.27. The Bertz CT molecular complexity index is 509. The highest BCUT2D eigenvalue weighted by atomic mass is 32.1. The smallest absolute Gasteiger partial charge is 0.127 e. The number of hydrogen-bond donors (Lipinski definition) is 0. The van der Waals surface area contributed by atoms with E-state index in [0.29, 0.717) is 5.92 Å². The van der Waals surface area contributed by atoms with E-state index in [9.17, 15) is 0 Å². The quantitative estimate of drug-likeness (QED) is 0.534. The molecule has 2 aliphatic rings. The van der Waals surface area contributed by atoms with Crippen molar-refractivity contribution in [1.29, 1.82) is 0 Å². The van der Waals surface area contributed by atoms with Crippen LogP contribution in [-0.2, 0) is 0 Å². The van der Waals surface area contributed by atoms with Crippen LogP contribution in [0.1, 0.15) is 92.1 Å². The van der Waals surface area contributed by atoms with Gasteiger partial charge in [-0.2, -0.15) is 0 Å². The largest absolute Gasteiger partial charge is 0.241 e. The van der Waals surface area contributed by atoms with Gasteiger partial charge in [0.1, 0.15) is 7.28 Å². The first kappa shape index (κ1) is 18.0. The third-order valence-electron chi connectivity index (χ3n) is 6.16. The first-order valence-corrected chi connectivity index (χ1v) is 10.9. The summed E-state index contributed by atoms with van der Waals surface area (Å²) in [7, 11) is 1.50. The van der Waals surface area contributed by atoms with Gasteiger partial charge in [-0.1, -0.05) is 82.6 Å². The second-order valence-corrected chi connectivity index (χ2v) is 8.94. The molecule has 3 rings (SSSR count). The maximum Gasteiger partial charge on any atom is 0.127 e. The van der Waals surface area contributed by atoms with Crippen molar-refractivity contribution < 1.29 is 0 Å². The predicted octanol–water partition coefficient (Wildman–Crippen LogP) is 6.84. The zero-order valence-corrected chi connectivity index (χ0v) is 16.0. The molecule has 130 valence electrons. The maximum absolute atomic E-state index is 4.82. The SMILES string of the molecule is C=Cc1nc(C2CCC(BC3CCCCCCC3)CC2)sc1C=C. The molecule has 0 saturated heterocycles. The lowest BCUT2D eigenvalue weighted by atomic mass is 9.48. The van der Waals surface area contributed by atoms with Crippen LogP contribution in [0.4, 0.5) is 0 Å². The van der Waals surface area contributed by atoms with Crippen LogP contribution in [0.25, 0.3) is 12.2 Å². The van der Waals surface area contributed by atoms with Crippen molar-refractivity contribution in [3.8, 4) is 0 Å². The van der Waals surface area contributed by atoms with E-state index in [2.05, 4.69) is 13.2 Å². The fourth-order valence-electron chi connectivity index (χ4n) is 4.72. The summed E-state index contributed by atoms with van der Waals surface area (Å²) in [5, 5.41) is 1.32. The molecule has 0 aromatic carbocycles. The fraction of sp³-hybridized carbons (Fsp3) is 0.667. The summed E-state index contributed by atoms with van der Waals surface area (Å²) in [6, 6.07) is 0. The summed E-state index contributed by atoms with van der Waals surface area (Å²) in [5.74, 6) is 2.67. The number of aromatic nitrogens is 1. The van der Waals surface area contributed by atoms with Crippen LogP contribution in [0.15, 0.2) is 13.2 Å². The van der Waals surface area contributed by atoms with Crippen molar-refractivity contribution in [3.05, 3.63) is 28.7 Å². The average Bonchev–Trinajstić information content (AvgIpc) is 3.01. The summed E-state index contributed by atoms with van der Waals surface area (Å²) in [6.45, 7) is 7.80.